The minimum Gasteiger partial charge on any atom is -0.389 e. The van der Waals surface area contributed by atoms with Crippen LogP contribution in [0.1, 0.15) is 76.8 Å². The van der Waals surface area contributed by atoms with E-state index < -0.39 is 5.60 Å². The molecule has 1 aromatic carbocycles. The predicted molar refractivity (Wildman–Crippen MR) is 177 cm³/mol. The summed E-state index contributed by atoms with van der Waals surface area (Å²) in [4.78, 5) is 11.1. The number of aliphatic imine (C=N–C) groups is 1. The molecule has 2 heterocycles. The van der Waals surface area contributed by atoms with E-state index in [1.807, 2.05) is 52.1 Å². The lowest BCUT2D eigenvalue weighted by Crippen LogP contribution is -2.55. The van der Waals surface area contributed by atoms with Gasteiger partial charge in [0.15, 0.2) is 0 Å². The molecule has 0 amide bonds. The monoisotopic (exact) mass is 546 g/mol. The average molecular weight is 547 g/mol. The van der Waals surface area contributed by atoms with Gasteiger partial charge in [0.1, 0.15) is 0 Å². The number of hydrogen-bond donors (Lipinski definition) is 2. The molecule has 2 aromatic rings. The van der Waals surface area contributed by atoms with Crippen molar-refractivity contribution in [3.63, 3.8) is 0 Å². The maximum atomic E-state index is 10.2. The summed E-state index contributed by atoms with van der Waals surface area (Å²) in [5, 5.41) is 13.5. The summed E-state index contributed by atoms with van der Waals surface area (Å²) < 4.78 is 0. The van der Waals surface area contributed by atoms with E-state index >= 15 is 0 Å². The Morgan fingerprint density at radius 1 is 1.18 bits per heavy atom. The minimum atomic E-state index is -0.446. The number of aliphatic hydroxyl groups is 1. The minimum absolute atomic E-state index is 0.0278. The highest BCUT2D eigenvalue weighted by Gasteiger charge is 2.43. The van der Waals surface area contributed by atoms with Gasteiger partial charge in [0.05, 0.1) is 11.3 Å². The van der Waals surface area contributed by atoms with Crippen LogP contribution in [0.5, 0.6) is 0 Å². The van der Waals surface area contributed by atoms with E-state index in [9.17, 15) is 5.11 Å². The molecule has 1 atom stereocenters. The summed E-state index contributed by atoms with van der Waals surface area (Å²) in [7, 11) is 5.82. The van der Waals surface area contributed by atoms with Crippen LogP contribution in [-0.2, 0) is 0 Å². The molecule has 1 aliphatic rings. The summed E-state index contributed by atoms with van der Waals surface area (Å²) in [6, 6.07) is 10.7. The second-order valence-corrected chi connectivity index (χ2v) is 10.9. The van der Waals surface area contributed by atoms with Crippen molar-refractivity contribution < 1.29 is 5.11 Å². The van der Waals surface area contributed by atoms with Crippen LogP contribution < -0.4 is 5.32 Å². The highest BCUT2D eigenvalue weighted by molar-refractivity contribution is 6.10. The molecule has 0 aliphatic carbocycles. The predicted octanol–water partition coefficient (Wildman–Crippen LogP) is 7.73. The Bertz CT molecular complexity index is 1190. The number of rotatable bonds is 7. The SMILES string of the molecule is C=C/C(=C\N(C)C)c1cccc(-c2nc(C)c(/C(C=NC)=C/C)cc2C)c1.CC.CCC1(O)CCNCC1(C)C. The van der Waals surface area contributed by atoms with Crippen molar-refractivity contribution in [3.05, 3.63) is 77.6 Å². The first-order valence-corrected chi connectivity index (χ1v) is 14.5. The highest BCUT2D eigenvalue weighted by atomic mass is 16.3. The molecule has 0 spiro atoms. The molecule has 0 bridgehead atoms. The zero-order chi connectivity index (χ0) is 30.5. The van der Waals surface area contributed by atoms with E-state index in [0.717, 1.165) is 70.7 Å². The van der Waals surface area contributed by atoms with E-state index in [0.29, 0.717) is 0 Å². The number of aromatic nitrogens is 1. The zero-order valence-corrected chi connectivity index (χ0v) is 27.0. The van der Waals surface area contributed by atoms with Crippen molar-refractivity contribution in [1.29, 1.82) is 0 Å². The van der Waals surface area contributed by atoms with Crippen LogP contribution in [0.4, 0.5) is 0 Å². The van der Waals surface area contributed by atoms with Crippen molar-refractivity contribution in [1.82, 2.24) is 15.2 Å². The van der Waals surface area contributed by atoms with Gasteiger partial charge in [-0.25, -0.2) is 0 Å². The lowest BCUT2D eigenvalue weighted by molar-refractivity contribution is -0.0900. The highest BCUT2D eigenvalue weighted by Crippen LogP contribution is 2.37. The lowest BCUT2D eigenvalue weighted by atomic mass is 9.69. The van der Waals surface area contributed by atoms with Gasteiger partial charge < -0.3 is 15.3 Å². The molecule has 1 aromatic heterocycles. The molecule has 5 nitrogen and oxygen atoms in total. The third-order valence-corrected chi connectivity index (χ3v) is 7.51. The smallest absolute Gasteiger partial charge is 0.0734 e. The summed E-state index contributed by atoms with van der Waals surface area (Å²) in [5.74, 6) is 0. The van der Waals surface area contributed by atoms with Crippen LogP contribution >= 0.6 is 0 Å². The molecule has 1 fully saturated rings. The molecule has 2 N–H and O–H groups in total. The second kappa shape index (κ2) is 16.3. The number of nitrogens with zero attached hydrogens (tertiary/aromatic N) is 3. The van der Waals surface area contributed by atoms with Gasteiger partial charge in [-0.1, -0.05) is 71.5 Å². The van der Waals surface area contributed by atoms with Crippen LogP contribution in [0.25, 0.3) is 22.4 Å². The van der Waals surface area contributed by atoms with E-state index in [4.69, 9.17) is 4.98 Å². The second-order valence-electron chi connectivity index (χ2n) is 10.9. The average Bonchev–Trinajstić information content (AvgIpc) is 2.94. The maximum absolute atomic E-state index is 10.2. The lowest BCUT2D eigenvalue weighted by Gasteiger charge is -2.46. The van der Waals surface area contributed by atoms with Gasteiger partial charge in [-0.3, -0.25) is 9.98 Å². The fourth-order valence-electron chi connectivity index (χ4n) is 4.95. The Balaban J connectivity index is 0.000000512. The number of aryl methyl sites for hydroxylation is 2. The summed E-state index contributed by atoms with van der Waals surface area (Å²) in [6.07, 6.45) is 9.66. The summed E-state index contributed by atoms with van der Waals surface area (Å²) in [6.45, 7) is 22.3. The van der Waals surface area contributed by atoms with Crippen molar-refractivity contribution in [2.75, 3.05) is 34.2 Å². The Hall–Kier alpha value is -3.02. The molecule has 40 heavy (non-hydrogen) atoms. The number of piperidine rings is 1. The molecule has 0 saturated carbocycles. The number of pyridine rings is 1. The summed E-state index contributed by atoms with van der Waals surface area (Å²) in [5.41, 5.74) is 8.28. The van der Waals surface area contributed by atoms with Crippen molar-refractivity contribution in [2.24, 2.45) is 10.4 Å². The largest absolute Gasteiger partial charge is 0.389 e. The summed E-state index contributed by atoms with van der Waals surface area (Å²) >= 11 is 0. The first kappa shape index (κ1) is 35.0. The van der Waals surface area contributed by atoms with Crippen molar-refractivity contribution >= 4 is 17.4 Å². The maximum Gasteiger partial charge on any atom is 0.0734 e. The molecule has 0 radical (unpaired) electrons. The number of hydrogen-bond acceptors (Lipinski definition) is 5. The molecule has 220 valence electrons. The van der Waals surface area contributed by atoms with Gasteiger partial charge in [-0.15, -0.1) is 0 Å². The van der Waals surface area contributed by atoms with Gasteiger partial charge in [-0.2, -0.15) is 0 Å². The fraction of sp³-hybridized carbons (Fsp3) is 0.486. The van der Waals surface area contributed by atoms with Gasteiger partial charge in [0.2, 0.25) is 0 Å². The normalized spacial score (nSPS) is 18.8. The standard InChI is InChI=1S/C24H29N3.C9H19NO.C2H6/c1-8-19(15-25-5)23-13-17(3)24(26-18(23)4)22-12-10-11-21(14-22)20(9-2)16-27(6)7;1-4-9(11)5-6-10-7-8(9,2)3;1-2/h8-16H,2H2,1,3-7H3;10-11H,4-7H2,1-3H3;1-2H3/b19-8+,20-16+,25-15?;;. The number of benzene rings is 1. The molecule has 1 aliphatic heterocycles. The van der Waals surface area contributed by atoms with Gasteiger partial charge in [-0.05, 0) is 74.6 Å². The van der Waals surface area contributed by atoms with Crippen LogP contribution in [0.3, 0.4) is 0 Å². The fourth-order valence-corrected chi connectivity index (χ4v) is 4.95. The Morgan fingerprint density at radius 3 is 2.35 bits per heavy atom. The van der Waals surface area contributed by atoms with Gasteiger partial charge in [0, 0.05) is 62.3 Å². The van der Waals surface area contributed by atoms with Gasteiger partial charge >= 0.3 is 0 Å². The first-order valence-electron chi connectivity index (χ1n) is 14.5. The van der Waals surface area contributed by atoms with Crippen LogP contribution in [0.15, 0.2) is 60.3 Å². The van der Waals surface area contributed by atoms with Gasteiger partial charge in [0.25, 0.3) is 0 Å². The molecule has 3 rings (SSSR count). The molecular weight excluding hydrogens is 492 g/mol. The van der Waals surface area contributed by atoms with Crippen LogP contribution in [0.2, 0.25) is 0 Å². The Morgan fingerprint density at radius 2 is 1.85 bits per heavy atom. The topological polar surface area (TPSA) is 60.8 Å². The zero-order valence-electron chi connectivity index (χ0n) is 27.0. The first-order chi connectivity index (χ1) is 18.9. The van der Waals surface area contributed by atoms with Crippen LogP contribution in [-0.4, -0.2) is 61.0 Å². The van der Waals surface area contributed by atoms with E-state index in [2.05, 4.69) is 94.1 Å². The quantitative estimate of drug-likeness (QED) is 0.276. The van der Waals surface area contributed by atoms with Crippen molar-refractivity contribution in [3.8, 4) is 11.3 Å². The van der Waals surface area contributed by atoms with Crippen LogP contribution in [0, 0.1) is 19.3 Å². The molecule has 1 saturated heterocycles. The molecule has 1 unspecified atom stereocenters. The van der Waals surface area contributed by atoms with E-state index in [1.165, 1.54) is 0 Å². The van der Waals surface area contributed by atoms with E-state index in [1.54, 1.807) is 7.05 Å². The number of nitrogens with one attached hydrogen (secondary N) is 1. The Kier molecular flexibility index (Phi) is 14.3. The third-order valence-electron chi connectivity index (χ3n) is 7.51. The number of allylic oxidation sites excluding steroid dienone is 4. The Labute approximate surface area is 244 Å². The third kappa shape index (κ3) is 9.00. The molecular formula is C35H54N4O. The van der Waals surface area contributed by atoms with E-state index in [-0.39, 0.29) is 5.41 Å². The van der Waals surface area contributed by atoms with Crippen molar-refractivity contribution in [2.45, 2.75) is 73.8 Å². The molecule has 5 heteroatoms.